The molecule has 4 aromatic heterocycles. The number of aromatic nitrogens is 5. The third-order valence-corrected chi connectivity index (χ3v) is 11.7. The summed E-state index contributed by atoms with van der Waals surface area (Å²) in [6.45, 7) is 18.8. The maximum Gasteiger partial charge on any atom is 0.268 e. The molecule has 0 aliphatic heterocycles. The summed E-state index contributed by atoms with van der Waals surface area (Å²) in [6, 6.07) is 40.2. The van der Waals surface area contributed by atoms with Crippen molar-refractivity contribution in [1.29, 1.82) is 0 Å². The van der Waals surface area contributed by atoms with Gasteiger partial charge in [0.05, 0.1) is 35.3 Å². The summed E-state index contributed by atoms with van der Waals surface area (Å²) in [7, 11) is 0. The van der Waals surface area contributed by atoms with Crippen LogP contribution in [0.15, 0.2) is 158 Å². The number of nitrogens with zero attached hydrogens (tertiary/aromatic N) is 5. The molecule has 0 saturated heterocycles. The molecule has 0 radical (unpaired) electrons. The number of pyridine rings is 2. The van der Waals surface area contributed by atoms with Gasteiger partial charge in [-0.1, -0.05) is 159 Å². The fraction of sp³-hybridized carbons (Fsp3) is 0.217. The Hall–Kier alpha value is -6.62. The molecule has 6 aromatic carbocycles. The zero-order chi connectivity index (χ0) is 52.1. The molecule has 0 amide bonds. The van der Waals surface area contributed by atoms with Crippen LogP contribution in [0, 0.1) is 23.9 Å². The summed E-state index contributed by atoms with van der Waals surface area (Å²) in [5, 5.41) is 1.83. The van der Waals surface area contributed by atoms with E-state index in [0.717, 1.165) is 49.6 Å². The van der Waals surface area contributed by atoms with E-state index in [4.69, 9.17) is 16.6 Å². The molecular formula is C60H55N5OPt-2. The van der Waals surface area contributed by atoms with Gasteiger partial charge in [0, 0.05) is 47.7 Å². The van der Waals surface area contributed by atoms with Crippen LogP contribution in [0.3, 0.4) is 0 Å². The van der Waals surface area contributed by atoms with Crippen molar-refractivity contribution < 1.29 is 40.0 Å². The molecule has 0 unspecified atom stereocenters. The molecule has 0 spiro atoms. The number of imidazole rings is 1. The topological polar surface area (TPSA) is 48.8 Å². The monoisotopic (exact) mass is 1060 g/mol. The molecule has 0 atom stereocenters. The van der Waals surface area contributed by atoms with E-state index in [9.17, 15) is 2.74 Å². The molecule has 0 aliphatic carbocycles. The summed E-state index contributed by atoms with van der Waals surface area (Å²) >= 11 is 0. The summed E-state index contributed by atoms with van der Waals surface area (Å²) in [5.41, 5.74) is 8.14. The van der Waals surface area contributed by atoms with E-state index in [1.165, 1.54) is 0 Å². The van der Waals surface area contributed by atoms with Crippen LogP contribution in [0.25, 0.3) is 72.3 Å². The van der Waals surface area contributed by atoms with Crippen LogP contribution in [-0.2, 0) is 38.3 Å². The molecule has 0 aliphatic rings. The van der Waals surface area contributed by atoms with Gasteiger partial charge < -0.3 is 13.9 Å². The Bertz CT molecular complexity index is 3780. The molecule has 0 N–H and O–H groups in total. The van der Waals surface area contributed by atoms with E-state index in [0.29, 0.717) is 45.3 Å². The Morgan fingerprint density at radius 2 is 1.37 bits per heavy atom. The average molecular weight is 1060 g/mol. The largest absolute Gasteiger partial charge is 0.510 e. The number of para-hydroxylation sites is 3. The number of benzene rings is 6. The number of ether oxygens (including phenoxy) is 1. The molecule has 6 nitrogen and oxygen atoms in total. The van der Waals surface area contributed by atoms with Gasteiger partial charge in [-0.3, -0.25) is 9.55 Å². The Kier molecular flexibility index (Phi) is 9.81. The van der Waals surface area contributed by atoms with E-state index < -0.39 is 29.9 Å². The Balaban J connectivity index is 0.00000672. The first kappa shape index (κ1) is 37.5. The van der Waals surface area contributed by atoms with Crippen LogP contribution in [0.1, 0.15) is 88.6 Å². The second kappa shape index (κ2) is 17.6. The Morgan fingerprint density at radius 1 is 0.672 bits per heavy atom. The maximum atomic E-state index is 9.20. The molecule has 0 fully saturated rings. The second-order valence-corrected chi connectivity index (χ2v) is 19.9. The average Bonchev–Trinajstić information content (AvgIpc) is 3.90. The summed E-state index contributed by atoms with van der Waals surface area (Å²) in [6.07, 6.45) is 7.14. The predicted molar refractivity (Wildman–Crippen MR) is 269 cm³/mol. The molecule has 0 saturated carbocycles. The molecule has 7 heteroatoms. The van der Waals surface area contributed by atoms with Crippen LogP contribution in [0.4, 0.5) is 0 Å². The van der Waals surface area contributed by atoms with Crippen LogP contribution in [0.5, 0.6) is 11.5 Å². The SMILES string of the molecule is [2H]c1c([2H])c([2H])c(-c2cccc(-c3cc(C(C)(C)C)cc(C(C)(C)C)c3)c2-[n+]2[c-]n(-c3[c-]c(Oc4[c-]c5c(cc4)c4ccncc4n5-c4cc(C([2H])([2H])C(C)(C)C)ccn4)ccc3)c3ccccc32)c([2H])c1[2H].[Pt]. The van der Waals surface area contributed by atoms with E-state index in [1.54, 1.807) is 30.7 Å². The van der Waals surface area contributed by atoms with Gasteiger partial charge in [0.1, 0.15) is 5.82 Å². The van der Waals surface area contributed by atoms with E-state index in [1.807, 2.05) is 113 Å². The molecule has 67 heavy (non-hydrogen) atoms. The molecule has 10 aromatic rings. The van der Waals surface area contributed by atoms with Crippen LogP contribution >= 0.6 is 0 Å². The van der Waals surface area contributed by atoms with E-state index in [-0.39, 0.29) is 49.5 Å². The minimum absolute atomic E-state index is 0. The minimum Gasteiger partial charge on any atom is -0.510 e. The minimum atomic E-state index is -1.65. The van der Waals surface area contributed by atoms with Crippen molar-refractivity contribution in [1.82, 2.24) is 19.1 Å². The van der Waals surface area contributed by atoms with E-state index in [2.05, 4.69) is 83.2 Å². The van der Waals surface area contributed by atoms with Gasteiger partial charge in [-0.15, -0.1) is 29.7 Å². The fourth-order valence-electron chi connectivity index (χ4n) is 8.52. The number of rotatable bonds is 8. The number of hydrogen-bond acceptors (Lipinski definition) is 3. The van der Waals surface area contributed by atoms with Gasteiger partial charge in [0.15, 0.2) is 0 Å². The van der Waals surface area contributed by atoms with Crippen LogP contribution in [-0.4, -0.2) is 19.1 Å². The van der Waals surface area contributed by atoms with Gasteiger partial charge >= 0.3 is 0 Å². The summed E-state index contributed by atoms with van der Waals surface area (Å²) in [5.74, 6) is 1.35. The molecule has 4 heterocycles. The first-order valence-electron chi connectivity index (χ1n) is 25.7. The molecule has 338 valence electrons. The van der Waals surface area contributed by atoms with Crippen LogP contribution in [0.2, 0.25) is 0 Å². The second-order valence-electron chi connectivity index (χ2n) is 19.9. The smallest absolute Gasteiger partial charge is 0.268 e. The van der Waals surface area contributed by atoms with Gasteiger partial charge in [-0.2, -0.15) is 18.2 Å². The number of fused-ring (bicyclic) bond motifs is 4. The molecular weight excluding hydrogens is 1000 g/mol. The molecule has 0 bridgehead atoms. The van der Waals surface area contributed by atoms with Crippen LogP contribution < -0.4 is 9.30 Å². The van der Waals surface area contributed by atoms with Crippen molar-refractivity contribution in [3.63, 3.8) is 0 Å². The molecule has 10 rings (SSSR count). The Morgan fingerprint density at radius 3 is 2.10 bits per heavy atom. The first-order chi connectivity index (χ1) is 34.4. The summed E-state index contributed by atoms with van der Waals surface area (Å²) in [4.78, 5) is 9.17. The van der Waals surface area contributed by atoms with Crippen molar-refractivity contribution >= 4 is 32.8 Å². The van der Waals surface area contributed by atoms with Crippen molar-refractivity contribution in [2.45, 2.75) is 79.5 Å². The van der Waals surface area contributed by atoms with Crippen molar-refractivity contribution in [2.24, 2.45) is 5.41 Å². The first-order valence-corrected chi connectivity index (χ1v) is 22.2. The zero-order valence-electron chi connectivity index (χ0n) is 46.1. The quantitative estimate of drug-likeness (QED) is 0.113. The van der Waals surface area contributed by atoms with E-state index >= 15 is 0 Å². The fourth-order valence-corrected chi connectivity index (χ4v) is 8.52. The standard InChI is InChI=1S/C60H55N5O.Pt/c1-58(2,3)37-40-27-30-62-56(31-40)65-54-36-47(25-26-50(54)51-28-29-61-38-55(51)65)66-46-20-15-19-45(35-46)63-39-64(53-24-14-13-23-52(53)63)57-48(41-17-11-10-12-18-41)21-16-22-49(57)42-32-43(59(4,5)6)34-44(33-42)60(7,8)9;/h10-34,38H,37H2,1-9H3;/q-2;/i10D,11D,12D,17D,18D,37D2;. The zero-order valence-corrected chi connectivity index (χ0v) is 41.4. The maximum absolute atomic E-state index is 9.20. The number of hydrogen-bond donors (Lipinski definition) is 0. The Labute approximate surface area is 419 Å². The van der Waals surface area contributed by atoms with Gasteiger partial charge in [0.2, 0.25) is 0 Å². The van der Waals surface area contributed by atoms with Gasteiger partial charge in [-0.05, 0) is 90.8 Å². The third-order valence-electron chi connectivity index (χ3n) is 11.7. The normalized spacial score (nSPS) is 13.9. The van der Waals surface area contributed by atoms with Crippen molar-refractivity contribution in [3.05, 3.63) is 193 Å². The van der Waals surface area contributed by atoms with Crippen molar-refractivity contribution in [2.75, 3.05) is 0 Å². The van der Waals surface area contributed by atoms with Crippen molar-refractivity contribution in [3.8, 4) is 50.9 Å². The third kappa shape index (κ3) is 9.00. The van der Waals surface area contributed by atoms with Gasteiger partial charge in [0.25, 0.3) is 6.33 Å². The predicted octanol–water partition coefficient (Wildman–Crippen LogP) is 14.5. The van der Waals surface area contributed by atoms with Gasteiger partial charge in [-0.25, -0.2) is 4.98 Å². The summed E-state index contributed by atoms with van der Waals surface area (Å²) < 4.78 is 74.7.